The third kappa shape index (κ3) is 6.27. The molecule has 38 heavy (non-hydrogen) atoms. The van der Waals surface area contributed by atoms with Crippen molar-refractivity contribution < 1.29 is 24.5 Å². The first-order valence-electron chi connectivity index (χ1n) is 13.1. The third-order valence-corrected chi connectivity index (χ3v) is 7.38. The summed E-state index contributed by atoms with van der Waals surface area (Å²) in [5, 5.41) is 24.4. The van der Waals surface area contributed by atoms with Crippen LogP contribution in [0.25, 0.3) is 0 Å². The van der Waals surface area contributed by atoms with Gasteiger partial charge in [-0.1, -0.05) is 42.5 Å². The number of aromatic hydroxyl groups is 1. The van der Waals surface area contributed by atoms with Gasteiger partial charge in [0.25, 0.3) is 5.91 Å². The minimum Gasteiger partial charge on any atom is -0.508 e. The highest BCUT2D eigenvalue weighted by Gasteiger charge is 2.27. The maximum atomic E-state index is 13.1. The summed E-state index contributed by atoms with van der Waals surface area (Å²) in [6.07, 6.45) is -0.243. The molecule has 5 rings (SSSR count). The number of nitrogens with zero attached hydrogens (tertiary/aromatic N) is 2. The van der Waals surface area contributed by atoms with Gasteiger partial charge in [0.1, 0.15) is 5.75 Å². The van der Waals surface area contributed by atoms with Crippen LogP contribution in [0.1, 0.15) is 27.0 Å². The van der Waals surface area contributed by atoms with Crippen molar-refractivity contribution >= 4 is 5.91 Å². The second-order valence-corrected chi connectivity index (χ2v) is 10.1. The van der Waals surface area contributed by atoms with E-state index in [-0.39, 0.29) is 18.4 Å². The lowest BCUT2D eigenvalue weighted by Gasteiger charge is -2.37. The summed E-state index contributed by atoms with van der Waals surface area (Å²) in [6.45, 7) is 6.74. The summed E-state index contributed by atoms with van der Waals surface area (Å²) < 4.78 is 10.9. The number of carbonyl (C=O) groups is 1. The van der Waals surface area contributed by atoms with E-state index in [0.29, 0.717) is 24.1 Å². The Bertz CT molecular complexity index is 1240. The van der Waals surface area contributed by atoms with Crippen molar-refractivity contribution in [3.05, 3.63) is 89.0 Å². The number of fused-ring (bicyclic) bond motifs is 1. The van der Waals surface area contributed by atoms with Gasteiger partial charge in [-0.2, -0.15) is 0 Å². The van der Waals surface area contributed by atoms with E-state index in [1.54, 1.807) is 25.1 Å². The molecule has 0 spiro atoms. The Hall–Kier alpha value is -3.59. The van der Waals surface area contributed by atoms with Gasteiger partial charge < -0.3 is 25.0 Å². The zero-order valence-electron chi connectivity index (χ0n) is 21.7. The van der Waals surface area contributed by atoms with Crippen molar-refractivity contribution in [3.63, 3.8) is 0 Å². The van der Waals surface area contributed by atoms with Crippen LogP contribution in [0.3, 0.4) is 0 Å². The van der Waals surface area contributed by atoms with Crippen molar-refractivity contribution in [1.29, 1.82) is 0 Å². The number of aliphatic hydroxyl groups is 1. The van der Waals surface area contributed by atoms with E-state index in [2.05, 4.69) is 21.2 Å². The molecule has 1 fully saturated rings. The number of nitrogens with one attached hydrogen (secondary N) is 1. The molecule has 1 saturated heterocycles. The maximum Gasteiger partial charge on any atom is 0.252 e. The minimum absolute atomic E-state index is 0.0800. The highest BCUT2D eigenvalue weighted by molar-refractivity contribution is 5.96. The summed E-state index contributed by atoms with van der Waals surface area (Å²) in [7, 11) is 0. The lowest BCUT2D eigenvalue weighted by atomic mass is 9.99. The number of β-amino-alcohol motifs (C(OH)–C–C–N with tert-alkyl or cyclic N) is 1. The van der Waals surface area contributed by atoms with Crippen LogP contribution >= 0.6 is 0 Å². The summed E-state index contributed by atoms with van der Waals surface area (Å²) in [5.74, 6) is 1.38. The van der Waals surface area contributed by atoms with Crippen molar-refractivity contribution in [3.8, 4) is 17.2 Å². The van der Waals surface area contributed by atoms with E-state index in [1.807, 2.05) is 42.5 Å². The molecule has 2 aliphatic heterocycles. The molecule has 3 N–H and O–H groups in total. The smallest absolute Gasteiger partial charge is 0.252 e. The normalized spacial score (nSPS) is 17.2. The molecule has 2 heterocycles. The number of aliphatic hydroxyl groups excluding tert-OH is 1. The van der Waals surface area contributed by atoms with Crippen molar-refractivity contribution in [2.45, 2.75) is 32.0 Å². The quantitative estimate of drug-likeness (QED) is 0.402. The van der Waals surface area contributed by atoms with Crippen LogP contribution in [0, 0.1) is 6.92 Å². The number of ether oxygens (including phenoxy) is 2. The topological polar surface area (TPSA) is 94.5 Å². The monoisotopic (exact) mass is 517 g/mol. The van der Waals surface area contributed by atoms with Crippen LogP contribution < -0.4 is 14.8 Å². The number of phenolic OH excluding ortho intramolecular Hbond substituents is 1. The number of carbonyl (C=O) groups excluding carboxylic acids is 1. The third-order valence-electron chi connectivity index (χ3n) is 7.38. The first-order chi connectivity index (χ1) is 18.5. The Morgan fingerprint density at radius 3 is 2.45 bits per heavy atom. The Morgan fingerprint density at radius 2 is 1.66 bits per heavy atom. The molecule has 1 amide bonds. The molecule has 0 aromatic heterocycles. The van der Waals surface area contributed by atoms with Crippen molar-refractivity contribution in [1.82, 2.24) is 15.1 Å². The van der Waals surface area contributed by atoms with Gasteiger partial charge in [0.15, 0.2) is 11.5 Å². The second kappa shape index (κ2) is 11.9. The van der Waals surface area contributed by atoms with Crippen molar-refractivity contribution in [2.75, 3.05) is 39.5 Å². The van der Waals surface area contributed by atoms with Gasteiger partial charge in [-0.15, -0.1) is 0 Å². The van der Waals surface area contributed by atoms with E-state index in [1.165, 1.54) is 5.56 Å². The van der Waals surface area contributed by atoms with E-state index < -0.39 is 12.1 Å². The first kappa shape index (κ1) is 26.0. The molecule has 2 aliphatic rings. The molecule has 3 aromatic carbocycles. The molecule has 200 valence electrons. The average molecular weight is 518 g/mol. The summed E-state index contributed by atoms with van der Waals surface area (Å²) in [4.78, 5) is 17.8. The lowest BCUT2D eigenvalue weighted by molar-refractivity contribution is 0.0477. The highest BCUT2D eigenvalue weighted by Crippen LogP contribution is 2.33. The molecule has 0 saturated carbocycles. The first-order valence-corrected chi connectivity index (χ1v) is 13.1. The molecule has 2 atom stereocenters. The largest absolute Gasteiger partial charge is 0.508 e. The van der Waals surface area contributed by atoms with Gasteiger partial charge in [0.05, 0.1) is 12.1 Å². The van der Waals surface area contributed by atoms with Gasteiger partial charge in [-0.05, 0) is 48.7 Å². The molecule has 0 unspecified atom stereocenters. The molecular weight excluding hydrogens is 482 g/mol. The number of hydrogen-bond donors (Lipinski definition) is 3. The summed E-state index contributed by atoms with van der Waals surface area (Å²) in [5.41, 5.74) is 3.16. The molecule has 0 radical (unpaired) electrons. The van der Waals surface area contributed by atoms with Crippen LogP contribution in [0.15, 0.2) is 66.7 Å². The van der Waals surface area contributed by atoms with E-state index in [4.69, 9.17) is 9.47 Å². The van der Waals surface area contributed by atoms with E-state index in [0.717, 1.165) is 49.8 Å². The molecule has 3 aromatic rings. The van der Waals surface area contributed by atoms with Crippen LogP contribution in [-0.4, -0.2) is 77.6 Å². The van der Waals surface area contributed by atoms with Crippen LogP contribution in [0.5, 0.6) is 17.2 Å². The van der Waals surface area contributed by atoms with Gasteiger partial charge in [-0.3, -0.25) is 14.6 Å². The van der Waals surface area contributed by atoms with Crippen LogP contribution in [-0.2, 0) is 13.0 Å². The lowest BCUT2D eigenvalue weighted by Crippen LogP contribution is -2.53. The van der Waals surface area contributed by atoms with Gasteiger partial charge in [-0.25, -0.2) is 0 Å². The number of phenols is 1. The number of piperazine rings is 1. The molecule has 0 bridgehead atoms. The molecule has 0 aliphatic carbocycles. The zero-order chi connectivity index (χ0) is 26.5. The Balaban J connectivity index is 1.19. The van der Waals surface area contributed by atoms with E-state index in [9.17, 15) is 15.0 Å². The predicted octanol–water partition coefficient (Wildman–Crippen LogP) is 2.95. The van der Waals surface area contributed by atoms with Crippen molar-refractivity contribution in [2.24, 2.45) is 0 Å². The summed E-state index contributed by atoms with van der Waals surface area (Å²) >= 11 is 0. The van der Waals surface area contributed by atoms with Gasteiger partial charge >= 0.3 is 0 Å². The number of amides is 1. The maximum absolute atomic E-state index is 13.1. The fourth-order valence-corrected chi connectivity index (χ4v) is 5.09. The second-order valence-electron chi connectivity index (χ2n) is 10.1. The number of benzene rings is 3. The van der Waals surface area contributed by atoms with Gasteiger partial charge in [0, 0.05) is 50.4 Å². The Kier molecular flexibility index (Phi) is 8.12. The van der Waals surface area contributed by atoms with Crippen LogP contribution in [0.2, 0.25) is 0 Å². The predicted molar refractivity (Wildman–Crippen MR) is 145 cm³/mol. The van der Waals surface area contributed by atoms with E-state index >= 15 is 0 Å². The molecule has 8 heteroatoms. The number of rotatable bonds is 9. The zero-order valence-corrected chi connectivity index (χ0v) is 21.7. The molecular formula is C30H35N3O5. The van der Waals surface area contributed by atoms with Crippen LogP contribution in [0.4, 0.5) is 0 Å². The molecule has 8 nitrogen and oxygen atoms in total. The standard InChI is InChI=1S/C30H35N3O5/c1-21-24(8-5-9-26(21)34)30(36)31-25(16-22-6-3-2-4-7-22)27(35)19-33-14-12-32(13-15-33)18-23-10-11-28-29(17-23)38-20-37-28/h2-11,17,25,27,34-35H,12-16,18-20H2,1H3,(H,31,36)/t25-,27+/m0/s1. The highest BCUT2D eigenvalue weighted by atomic mass is 16.7. The fraction of sp³-hybridized carbons (Fsp3) is 0.367. The minimum atomic E-state index is -0.753. The SMILES string of the molecule is Cc1c(O)cccc1C(=O)N[C@@H](Cc1ccccc1)[C@H](O)CN1CCN(Cc2ccc3c(c2)OCO3)CC1. The van der Waals surface area contributed by atoms with Gasteiger partial charge in [0.2, 0.25) is 6.79 Å². The number of hydrogen-bond acceptors (Lipinski definition) is 7. The summed E-state index contributed by atoms with van der Waals surface area (Å²) in [6, 6.07) is 20.4. The Labute approximate surface area is 223 Å². The average Bonchev–Trinajstić information content (AvgIpc) is 3.39. The fourth-order valence-electron chi connectivity index (χ4n) is 5.09. The Morgan fingerprint density at radius 1 is 0.921 bits per heavy atom.